The SMILES string of the molecule is CN(C1CCSC1)S(=O)(=O)c1cc(C(=O)O)n(C2CC2)c1. The fraction of sp³-hybridized carbons (Fsp3) is 0.615. The van der Waals surface area contributed by atoms with Crippen LogP contribution >= 0.6 is 11.8 Å². The van der Waals surface area contributed by atoms with Crippen LogP contribution in [0.1, 0.15) is 35.8 Å². The van der Waals surface area contributed by atoms with Gasteiger partial charge in [-0.1, -0.05) is 0 Å². The summed E-state index contributed by atoms with van der Waals surface area (Å²) >= 11 is 1.74. The number of hydrogen-bond acceptors (Lipinski definition) is 4. The highest BCUT2D eigenvalue weighted by Crippen LogP contribution is 2.38. The third-order valence-corrected chi connectivity index (χ3v) is 7.10. The van der Waals surface area contributed by atoms with Gasteiger partial charge < -0.3 is 9.67 Å². The Balaban J connectivity index is 1.94. The zero-order valence-electron chi connectivity index (χ0n) is 11.7. The number of aromatic carboxylic acids is 1. The van der Waals surface area contributed by atoms with Crippen LogP contribution in [0, 0.1) is 0 Å². The molecule has 1 atom stereocenters. The van der Waals surface area contributed by atoms with Crippen LogP contribution in [-0.2, 0) is 10.0 Å². The van der Waals surface area contributed by atoms with Gasteiger partial charge in [0.1, 0.15) is 10.6 Å². The van der Waals surface area contributed by atoms with Gasteiger partial charge in [0.05, 0.1) is 0 Å². The van der Waals surface area contributed by atoms with Crippen molar-refractivity contribution >= 4 is 27.8 Å². The standard InChI is InChI=1S/C13H18N2O4S2/c1-14(10-4-5-20-8-10)21(18,19)11-6-12(13(16)17)15(7-11)9-2-3-9/h6-7,9-10H,2-5,8H2,1H3,(H,16,17). The molecule has 2 heterocycles. The molecule has 1 aromatic rings. The summed E-state index contributed by atoms with van der Waals surface area (Å²) in [5.74, 6) is 0.682. The number of carbonyl (C=O) groups is 1. The summed E-state index contributed by atoms with van der Waals surface area (Å²) in [5, 5.41) is 9.24. The summed E-state index contributed by atoms with van der Waals surface area (Å²) in [6.45, 7) is 0. The fourth-order valence-electron chi connectivity index (χ4n) is 2.59. The molecule has 1 saturated heterocycles. The van der Waals surface area contributed by atoms with Crippen LogP contribution in [0.4, 0.5) is 0 Å². The van der Waals surface area contributed by atoms with Crippen molar-refractivity contribution < 1.29 is 18.3 Å². The Morgan fingerprint density at radius 3 is 2.67 bits per heavy atom. The number of carboxylic acids is 1. The molecule has 1 aliphatic carbocycles. The van der Waals surface area contributed by atoms with E-state index < -0.39 is 16.0 Å². The number of sulfonamides is 1. The summed E-state index contributed by atoms with van der Waals surface area (Å²) < 4.78 is 28.3. The van der Waals surface area contributed by atoms with Gasteiger partial charge in [-0.15, -0.1) is 0 Å². The lowest BCUT2D eigenvalue weighted by Gasteiger charge is -2.22. The zero-order chi connectivity index (χ0) is 15.2. The molecule has 8 heteroatoms. The van der Waals surface area contributed by atoms with Crippen LogP contribution in [0.5, 0.6) is 0 Å². The van der Waals surface area contributed by atoms with Crippen molar-refractivity contribution in [2.45, 2.75) is 36.2 Å². The first-order chi connectivity index (χ1) is 9.91. The summed E-state index contributed by atoms with van der Waals surface area (Å²) in [4.78, 5) is 11.4. The van der Waals surface area contributed by atoms with Crippen molar-refractivity contribution in [3.8, 4) is 0 Å². The van der Waals surface area contributed by atoms with Gasteiger partial charge >= 0.3 is 5.97 Å². The van der Waals surface area contributed by atoms with Crippen molar-refractivity contribution in [1.29, 1.82) is 0 Å². The fourth-order valence-corrected chi connectivity index (χ4v) is 5.37. The maximum Gasteiger partial charge on any atom is 0.352 e. The lowest BCUT2D eigenvalue weighted by Crippen LogP contribution is -2.36. The van der Waals surface area contributed by atoms with Crippen LogP contribution in [0.3, 0.4) is 0 Å². The second-order valence-electron chi connectivity index (χ2n) is 5.54. The molecule has 1 unspecified atom stereocenters. The van der Waals surface area contributed by atoms with Crippen molar-refractivity contribution in [1.82, 2.24) is 8.87 Å². The van der Waals surface area contributed by atoms with E-state index in [4.69, 9.17) is 0 Å². The van der Waals surface area contributed by atoms with Crippen LogP contribution in [0.15, 0.2) is 17.2 Å². The number of nitrogens with zero attached hydrogens (tertiary/aromatic N) is 2. The van der Waals surface area contributed by atoms with Gasteiger partial charge in [0.2, 0.25) is 10.0 Å². The summed E-state index contributed by atoms with van der Waals surface area (Å²) in [5.41, 5.74) is 0.0604. The normalized spacial score (nSPS) is 22.9. The first kappa shape index (κ1) is 14.9. The van der Waals surface area contributed by atoms with E-state index >= 15 is 0 Å². The van der Waals surface area contributed by atoms with E-state index in [0.717, 1.165) is 30.8 Å². The molecule has 1 N–H and O–H groups in total. The predicted molar refractivity (Wildman–Crippen MR) is 80.3 cm³/mol. The second-order valence-corrected chi connectivity index (χ2v) is 8.69. The van der Waals surface area contributed by atoms with Crippen molar-refractivity contribution in [2.75, 3.05) is 18.6 Å². The van der Waals surface area contributed by atoms with Gasteiger partial charge in [-0.25, -0.2) is 13.2 Å². The Morgan fingerprint density at radius 2 is 2.14 bits per heavy atom. The Kier molecular flexibility index (Phi) is 3.79. The number of thioether (sulfide) groups is 1. The van der Waals surface area contributed by atoms with E-state index in [1.165, 1.54) is 16.6 Å². The van der Waals surface area contributed by atoms with Gasteiger partial charge in [0, 0.05) is 31.1 Å². The van der Waals surface area contributed by atoms with Gasteiger partial charge in [-0.05, 0) is 31.1 Å². The van der Waals surface area contributed by atoms with Crippen LogP contribution < -0.4 is 0 Å². The number of aromatic nitrogens is 1. The minimum absolute atomic E-state index is 0.00227. The zero-order valence-corrected chi connectivity index (χ0v) is 13.4. The second kappa shape index (κ2) is 5.33. The first-order valence-corrected chi connectivity index (χ1v) is 9.51. The highest BCUT2D eigenvalue weighted by atomic mass is 32.2. The monoisotopic (exact) mass is 330 g/mol. The molecule has 1 saturated carbocycles. The first-order valence-electron chi connectivity index (χ1n) is 6.92. The maximum absolute atomic E-state index is 12.7. The highest BCUT2D eigenvalue weighted by Gasteiger charge is 2.34. The Morgan fingerprint density at radius 1 is 1.43 bits per heavy atom. The number of rotatable bonds is 5. The average Bonchev–Trinajstić information content (AvgIpc) is 2.97. The molecule has 0 bridgehead atoms. The maximum atomic E-state index is 12.7. The van der Waals surface area contributed by atoms with E-state index in [2.05, 4.69) is 0 Å². The quantitative estimate of drug-likeness (QED) is 0.888. The van der Waals surface area contributed by atoms with E-state index in [1.807, 2.05) is 0 Å². The van der Waals surface area contributed by atoms with Crippen molar-refractivity contribution in [3.63, 3.8) is 0 Å². The van der Waals surface area contributed by atoms with E-state index in [1.54, 1.807) is 23.4 Å². The molecule has 6 nitrogen and oxygen atoms in total. The molecule has 0 radical (unpaired) electrons. The number of hydrogen-bond donors (Lipinski definition) is 1. The van der Waals surface area contributed by atoms with Gasteiger partial charge in [0.25, 0.3) is 0 Å². The van der Waals surface area contributed by atoms with Crippen molar-refractivity contribution in [3.05, 3.63) is 18.0 Å². The molecular weight excluding hydrogens is 312 g/mol. The molecular formula is C13H18N2O4S2. The molecule has 2 aliphatic rings. The van der Waals surface area contributed by atoms with Gasteiger partial charge in [-0.3, -0.25) is 0 Å². The Bertz CT molecular complexity index is 658. The molecule has 2 fully saturated rings. The van der Waals surface area contributed by atoms with Crippen LogP contribution in [0.2, 0.25) is 0 Å². The topological polar surface area (TPSA) is 79.6 Å². The minimum atomic E-state index is -3.63. The molecule has 0 aromatic carbocycles. The van der Waals surface area contributed by atoms with Crippen molar-refractivity contribution in [2.24, 2.45) is 0 Å². The summed E-state index contributed by atoms with van der Waals surface area (Å²) in [7, 11) is -2.04. The minimum Gasteiger partial charge on any atom is -0.477 e. The van der Waals surface area contributed by atoms with Gasteiger partial charge in [-0.2, -0.15) is 16.1 Å². The molecule has 116 valence electrons. The third kappa shape index (κ3) is 2.72. The third-order valence-electron chi connectivity index (χ3n) is 4.08. The van der Waals surface area contributed by atoms with Crippen LogP contribution in [0.25, 0.3) is 0 Å². The molecule has 1 aliphatic heterocycles. The van der Waals surface area contributed by atoms with Gasteiger partial charge in [0.15, 0.2) is 0 Å². The van der Waals surface area contributed by atoms with E-state index in [9.17, 15) is 18.3 Å². The lowest BCUT2D eigenvalue weighted by atomic mass is 10.3. The van der Waals surface area contributed by atoms with E-state index in [0.29, 0.717) is 0 Å². The molecule has 3 rings (SSSR count). The largest absolute Gasteiger partial charge is 0.477 e. The highest BCUT2D eigenvalue weighted by molar-refractivity contribution is 7.99. The van der Waals surface area contributed by atoms with Crippen LogP contribution in [-0.4, -0.2) is 53.0 Å². The summed E-state index contributed by atoms with van der Waals surface area (Å²) in [6, 6.07) is 1.42. The smallest absolute Gasteiger partial charge is 0.352 e. The molecule has 0 amide bonds. The molecule has 21 heavy (non-hydrogen) atoms. The average molecular weight is 330 g/mol. The number of carboxylic acid groups (broad SMARTS) is 1. The molecule has 1 aromatic heterocycles. The Hall–Kier alpha value is -0.990. The van der Waals surface area contributed by atoms with E-state index in [-0.39, 0.29) is 22.7 Å². The lowest BCUT2D eigenvalue weighted by molar-refractivity contribution is 0.0685. The summed E-state index contributed by atoms with van der Waals surface area (Å²) in [6.07, 6.45) is 4.14. The molecule has 0 spiro atoms. The Labute approximate surface area is 128 Å². The predicted octanol–water partition coefficient (Wildman–Crippen LogP) is 1.65.